The van der Waals surface area contributed by atoms with Crippen molar-refractivity contribution in [3.63, 3.8) is 0 Å². The van der Waals surface area contributed by atoms with E-state index in [9.17, 15) is 4.79 Å². The average molecular weight is 276 g/mol. The van der Waals surface area contributed by atoms with Crippen LogP contribution >= 0.6 is 11.3 Å². The maximum atomic E-state index is 12.5. The first-order valence-corrected chi connectivity index (χ1v) is 7.08. The highest BCUT2D eigenvalue weighted by molar-refractivity contribution is 7.21. The van der Waals surface area contributed by atoms with Gasteiger partial charge in [-0.25, -0.2) is 9.97 Å². The lowest BCUT2D eigenvalue weighted by atomic mass is 9.93. The normalized spacial score (nSPS) is 18.1. The predicted molar refractivity (Wildman–Crippen MR) is 76.1 cm³/mol. The number of aromatic nitrogens is 2. The Hall–Kier alpha value is -1.69. The van der Waals surface area contributed by atoms with Crippen LogP contribution in [0.2, 0.25) is 0 Å². The van der Waals surface area contributed by atoms with Gasteiger partial charge in [-0.05, 0) is 11.8 Å². The minimum absolute atomic E-state index is 0.00729. The second-order valence-corrected chi connectivity index (χ2v) is 6.69. The number of nitrogen functional groups attached to an aromatic ring is 1. The molecule has 1 aliphatic heterocycles. The summed E-state index contributed by atoms with van der Waals surface area (Å²) in [5.41, 5.74) is 7.32. The quantitative estimate of drug-likeness (QED) is 0.866. The van der Waals surface area contributed by atoms with Gasteiger partial charge in [0.05, 0.1) is 5.69 Å². The number of nitrogens with zero attached hydrogens (tertiary/aromatic N) is 3. The van der Waals surface area contributed by atoms with Crippen molar-refractivity contribution in [3.8, 4) is 0 Å². The summed E-state index contributed by atoms with van der Waals surface area (Å²) in [7, 11) is 0. The van der Waals surface area contributed by atoms with Gasteiger partial charge in [-0.3, -0.25) is 4.79 Å². The lowest BCUT2D eigenvalue weighted by Gasteiger charge is -2.19. The van der Waals surface area contributed by atoms with Gasteiger partial charge in [0.1, 0.15) is 15.2 Å². The summed E-state index contributed by atoms with van der Waals surface area (Å²) in [6.07, 6.45) is 4.24. The first-order chi connectivity index (χ1) is 8.98. The maximum Gasteiger partial charge on any atom is 0.266 e. The molecule has 3 heterocycles. The number of thiophene rings is 1. The van der Waals surface area contributed by atoms with Crippen LogP contribution in [0.25, 0.3) is 10.3 Å². The third-order valence-electron chi connectivity index (χ3n) is 3.52. The van der Waals surface area contributed by atoms with E-state index in [0.29, 0.717) is 16.1 Å². The molecule has 1 saturated heterocycles. The molecule has 0 spiro atoms. The number of fused-ring (bicyclic) bond motifs is 1. The first-order valence-electron chi connectivity index (χ1n) is 6.26. The SMILES string of the molecule is CC1(C)CCN(C(=O)c2sc3nccnc3c2N)C1. The van der Waals surface area contributed by atoms with E-state index < -0.39 is 0 Å². The molecule has 0 unspecified atom stereocenters. The van der Waals surface area contributed by atoms with Gasteiger partial charge >= 0.3 is 0 Å². The molecule has 0 atom stereocenters. The number of nitrogens with two attached hydrogens (primary N) is 1. The number of anilines is 1. The zero-order valence-electron chi connectivity index (χ0n) is 11.0. The molecule has 5 nitrogen and oxygen atoms in total. The van der Waals surface area contributed by atoms with E-state index in [4.69, 9.17) is 5.73 Å². The molecular formula is C13H16N4OS. The van der Waals surface area contributed by atoms with Gasteiger partial charge in [-0.2, -0.15) is 0 Å². The summed E-state index contributed by atoms with van der Waals surface area (Å²) in [5, 5.41) is 0. The van der Waals surface area contributed by atoms with Crippen LogP contribution in [-0.4, -0.2) is 33.9 Å². The lowest BCUT2D eigenvalue weighted by molar-refractivity contribution is 0.0784. The Kier molecular flexibility index (Phi) is 2.70. The molecular weight excluding hydrogens is 260 g/mol. The Morgan fingerprint density at radius 2 is 2.16 bits per heavy atom. The summed E-state index contributed by atoms with van der Waals surface area (Å²) in [4.78, 5) is 24.1. The summed E-state index contributed by atoms with van der Waals surface area (Å²) < 4.78 is 0. The van der Waals surface area contributed by atoms with Gasteiger partial charge in [-0.1, -0.05) is 13.8 Å². The number of carbonyl (C=O) groups excluding carboxylic acids is 1. The fourth-order valence-corrected chi connectivity index (χ4v) is 3.42. The Morgan fingerprint density at radius 3 is 2.79 bits per heavy atom. The van der Waals surface area contributed by atoms with E-state index in [1.54, 1.807) is 12.4 Å². The van der Waals surface area contributed by atoms with Crippen molar-refractivity contribution < 1.29 is 4.79 Å². The predicted octanol–water partition coefficient (Wildman–Crippen LogP) is 2.15. The molecule has 0 saturated carbocycles. The molecule has 1 fully saturated rings. The monoisotopic (exact) mass is 276 g/mol. The van der Waals surface area contributed by atoms with Crippen molar-refractivity contribution in [2.45, 2.75) is 20.3 Å². The molecule has 1 aliphatic rings. The summed E-state index contributed by atoms with van der Waals surface area (Å²) in [5.74, 6) is 0.00729. The number of carbonyl (C=O) groups is 1. The van der Waals surface area contributed by atoms with E-state index in [0.717, 1.165) is 24.3 Å². The largest absolute Gasteiger partial charge is 0.396 e. The fraction of sp³-hybridized carbons (Fsp3) is 0.462. The van der Waals surface area contributed by atoms with Crippen LogP contribution in [0.1, 0.15) is 29.9 Å². The Balaban J connectivity index is 1.96. The second-order valence-electron chi connectivity index (χ2n) is 5.70. The molecule has 0 radical (unpaired) electrons. The topological polar surface area (TPSA) is 72.1 Å². The van der Waals surface area contributed by atoms with Crippen molar-refractivity contribution in [3.05, 3.63) is 17.3 Å². The van der Waals surface area contributed by atoms with Gasteiger partial charge in [0.25, 0.3) is 5.91 Å². The summed E-state index contributed by atoms with van der Waals surface area (Å²) in [6.45, 7) is 5.93. The third kappa shape index (κ3) is 2.06. The summed E-state index contributed by atoms with van der Waals surface area (Å²) >= 11 is 1.33. The highest BCUT2D eigenvalue weighted by Crippen LogP contribution is 2.35. The average Bonchev–Trinajstić information content (AvgIpc) is 2.90. The molecule has 0 aromatic carbocycles. The van der Waals surface area contributed by atoms with Gasteiger partial charge < -0.3 is 10.6 Å². The zero-order valence-corrected chi connectivity index (χ0v) is 11.8. The number of rotatable bonds is 1. The van der Waals surface area contributed by atoms with Crippen molar-refractivity contribution in [2.24, 2.45) is 5.41 Å². The Morgan fingerprint density at radius 1 is 1.42 bits per heavy atom. The first kappa shape index (κ1) is 12.3. The van der Waals surface area contributed by atoms with E-state index in [1.807, 2.05) is 4.90 Å². The second kappa shape index (κ2) is 4.16. The van der Waals surface area contributed by atoms with E-state index in [-0.39, 0.29) is 11.3 Å². The Labute approximate surface area is 115 Å². The van der Waals surface area contributed by atoms with Crippen LogP contribution in [0.15, 0.2) is 12.4 Å². The van der Waals surface area contributed by atoms with E-state index in [1.165, 1.54) is 11.3 Å². The van der Waals surface area contributed by atoms with Crippen molar-refractivity contribution >= 4 is 33.3 Å². The number of hydrogen-bond donors (Lipinski definition) is 1. The van der Waals surface area contributed by atoms with Crippen LogP contribution < -0.4 is 5.73 Å². The van der Waals surface area contributed by atoms with Gasteiger partial charge in [0, 0.05) is 25.5 Å². The number of hydrogen-bond acceptors (Lipinski definition) is 5. The summed E-state index contributed by atoms with van der Waals surface area (Å²) in [6, 6.07) is 0. The van der Waals surface area contributed by atoms with Crippen molar-refractivity contribution in [2.75, 3.05) is 18.8 Å². The molecule has 6 heteroatoms. The lowest BCUT2D eigenvalue weighted by Crippen LogP contribution is -2.30. The minimum Gasteiger partial charge on any atom is -0.396 e. The van der Waals surface area contributed by atoms with Crippen LogP contribution in [0.4, 0.5) is 5.69 Å². The molecule has 0 aliphatic carbocycles. The molecule has 2 aromatic heterocycles. The van der Waals surface area contributed by atoms with Gasteiger partial charge in [-0.15, -0.1) is 11.3 Å². The van der Waals surface area contributed by atoms with Crippen LogP contribution in [-0.2, 0) is 0 Å². The smallest absolute Gasteiger partial charge is 0.266 e. The van der Waals surface area contributed by atoms with Gasteiger partial charge in [0.2, 0.25) is 0 Å². The number of amides is 1. The molecule has 1 amide bonds. The molecule has 19 heavy (non-hydrogen) atoms. The minimum atomic E-state index is 0.00729. The molecule has 100 valence electrons. The van der Waals surface area contributed by atoms with Crippen LogP contribution in [0, 0.1) is 5.41 Å². The van der Waals surface area contributed by atoms with Crippen molar-refractivity contribution in [1.29, 1.82) is 0 Å². The highest BCUT2D eigenvalue weighted by atomic mass is 32.1. The molecule has 2 N–H and O–H groups in total. The number of likely N-dealkylation sites (tertiary alicyclic amines) is 1. The Bertz CT molecular complexity index is 649. The van der Waals surface area contributed by atoms with Crippen molar-refractivity contribution in [1.82, 2.24) is 14.9 Å². The third-order valence-corrected chi connectivity index (χ3v) is 4.61. The highest BCUT2D eigenvalue weighted by Gasteiger charge is 2.34. The molecule has 3 rings (SSSR count). The van der Waals surface area contributed by atoms with E-state index >= 15 is 0 Å². The van der Waals surface area contributed by atoms with Crippen LogP contribution in [0.3, 0.4) is 0 Å². The van der Waals surface area contributed by atoms with Gasteiger partial charge in [0.15, 0.2) is 0 Å². The fourth-order valence-electron chi connectivity index (χ4n) is 2.43. The van der Waals surface area contributed by atoms with Crippen LogP contribution in [0.5, 0.6) is 0 Å². The standard InChI is InChI=1S/C13H16N4OS/c1-13(2)3-6-17(7-13)12(18)10-8(14)9-11(19-10)16-5-4-15-9/h4-5H,3,6-7,14H2,1-2H3. The maximum absolute atomic E-state index is 12.5. The zero-order chi connectivity index (χ0) is 13.6. The molecule has 0 bridgehead atoms. The van der Waals surface area contributed by atoms with E-state index in [2.05, 4.69) is 23.8 Å². The molecule has 2 aromatic rings.